The number of allylic oxidation sites excluding steroid dienone is 1. The zero-order valence-corrected chi connectivity index (χ0v) is 19.2. The molecule has 0 amide bonds. The first-order valence-electron chi connectivity index (χ1n) is 10.8. The summed E-state index contributed by atoms with van der Waals surface area (Å²) in [5.41, 5.74) is 0. The molecular formula is C24H39IO. The summed E-state index contributed by atoms with van der Waals surface area (Å²) in [6.07, 6.45) is 22.0. The lowest BCUT2D eigenvalue weighted by Gasteiger charge is -2.16. The highest BCUT2D eigenvalue weighted by atomic mass is 127. The van der Waals surface area contributed by atoms with E-state index < -0.39 is 0 Å². The Morgan fingerprint density at radius 1 is 0.885 bits per heavy atom. The van der Waals surface area contributed by atoms with Gasteiger partial charge in [-0.2, -0.15) is 0 Å². The average Bonchev–Trinajstić information content (AvgIpc) is 2.63. The van der Waals surface area contributed by atoms with Crippen molar-refractivity contribution in [2.45, 2.75) is 103 Å². The zero-order valence-electron chi connectivity index (χ0n) is 17.0. The molecule has 148 valence electrons. The van der Waals surface area contributed by atoms with Crippen LogP contribution in [0, 0.1) is 3.57 Å². The molecule has 0 fully saturated rings. The summed E-state index contributed by atoms with van der Waals surface area (Å²) in [7, 11) is 0. The normalized spacial score (nSPS) is 12.6. The van der Waals surface area contributed by atoms with Gasteiger partial charge in [0.15, 0.2) is 0 Å². The molecule has 1 aromatic carbocycles. The molecule has 1 unspecified atom stereocenters. The minimum atomic E-state index is 0.218. The van der Waals surface area contributed by atoms with E-state index in [1.54, 1.807) is 0 Å². The molecule has 26 heavy (non-hydrogen) atoms. The zero-order chi connectivity index (χ0) is 18.9. The Balaban J connectivity index is 2.37. The number of ether oxygens (including phenoxy) is 1. The third-order valence-corrected chi connectivity index (χ3v) is 5.42. The van der Waals surface area contributed by atoms with Crippen LogP contribution < -0.4 is 4.74 Å². The van der Waals surface area contributed by atoms with Gasteiger partial charge in [-0.05, 0) is 72.5 Å². The van der Waals surface area contributed by atoms with Crippen molar-refractivity contribution >= 4 is 22.6 Å². The molecule has 1 aromatic rings. The number of benzene rings is 1. The largest absolute Gasteiger partial charge is 0.486 e. The van der Waals surface area contributed by atoms with E-state index in [0.29, 0.717) is 0 Å². The fourth-order valence-electron chi connectivity index (χ4n) is 3.15. The Kier molecular flexibility index (Phi) is 15.1. The summed E-state index contributed by atoms with van der Waals surface area (Å²) in [4.78, 5) is 0. The molecular weight excluding hydrogens is 431 g/mol. The third kappa shape index (κ3) is 12.8. The Bertz CT molecular complexity index is 469. The highest BCUT2D eigenvalue weighted by Crippen LogP contribution is 2.19. The van der Waals surface area contributed by atoms with Crippen LogP contribution in [0.15, 0.2) is 36.4 Å². The Morgan fingerprint density at radius 2 is 1.54 bits per heavy atom. The van der Waals surface area contributed by atoms with Gasteiger partial charge in [-0.1, -0.05) is 83.8 Å². The van der Waals surface area contributed by atoms with Crippen molar-refractivity contribution in [3.63, 3.8) is 0 Å². The van der Waals surface area contributed by atoms with E-state index in [1.807, 2.05) is 0 Å². The standard InChI is InChI=1S/C24H39IO/c1-3-5-7-9-10-11-13-15-19-23(18-14-12-8-6-4-2)26-24-20-16-17-22(25)21-24/h15-17,19-21,23H,3-14,18H2,1-2H3/b19-15-. The first-order valence-corrected chi connectivity index (χ1v) is 11.9. The summed E-state index contributed by atoms with van der Waals surface area (Å²) < 4.78 is 7.50. The Labute approximate surface area is 176 Å². The van der Waals surface area contributed by atoms with Gasteiger partial charge in [0, 0.05) is 3.57 Å². The fourth-order valence-corrected chi connectivity index (χ4v) is 3.66. The van der Waals surface area contributed by atoms with Crippen LogP contribution in [0.5, 0.6) is 5.75 Å². The molecule has 0 N–H and O–H groups in total. The van der Waals surface area contributed by atoms with Crippen molar-refractivity contribution in [1.82, 2.24) is 0 Å². The maximum absolute atomic E-state index is 6.27. The highest BCUT2D eigenvalue weighted by Gasteiger charge is 2.07. The summed E-state index contributed by atoms with van der Waals surface area (Å²) in [5, 5.41) is 0. The molecule has 0 aliphatic rings. The van der Waals surface area contributed by atoms with Crippen LogP contribution in [0.25, 0.3) is 0 Å². The number of rotatable bonds is 16. The van der Waals surface area contributed by atoms with Gasteiger partial charge in [0.2, 0.25) is 0 Å². The smallest absolute Gasteiger partial charge is 0.121 e. The molecule has 2 heteroatoms. The first-order chi connectivity index (χ1) is 12.8. The van der Waals surface area contributed by atoms with Crippen LogP contribution in [0.1, 0.15) is 97.3 Å². The van der Waals surface area contributed by atoms with E-state index >= 15 is 0 Å². The van der Waals surface area contributed by atoms with Crippen LogP contribution in [0.2, 0.25) is 0 Å². The molecule has 0 aliphatic heterocycles. The van der Waals surface area contributed by atoms with Crippen molar-refractivity contribution in [3.8, 4) is 5.75 Å². The molecule has 0 saturated carbocycles. The van der Waals surface area contributed by atoms with E-state index in [2.05, 4.69) is 72.9 Å². The van der Waals surface area contributed by atoms with Gasteiger partial charge >= 0.3 is 0 Å². The summed E-state index contributed by atoms with van der Waals surface area (Å²) in [5.74, 6) is 1.000. The van der Waals surface area contributed by atoms with Crippen LogP contribution in [-0.4, -0.2) is 6.10 Å². The molecule has 0 heterocycles. The number of halogens is 1. The second kappa shape index (κ2) is 16.6. The van der Waals surface area contributed by atoms with Crippen molar-refractivity contribution < 1.29 is 4.74 Å². The lowest BCUT2D eigenvalue weighted by atomic mass is 10.1. The number of hydrogen-bond donors (Lipinski definition) is 0. The van der Waals surface area contributed by atoms with Gasteiger partial charge < -0.3 is 4.74 Å². The van der Waals surface area contributed by atoms with E-state index in [1.165, 1.54) is 80.6 Å². The van der Waals surface area contributed by atoms with Gasteiger partial charge in [-0.15, -0.1) is 0 Å². The van der Waals surface area contributed by atoms with Crippen molar-refractivity contribution in [3.05, 3.63) is 40.0 Å². The van der Waals surface area contributed by atoms with Crippen LogP contribution in [-0.2, 0) is 0 Å². The van der Waals surface area contributed by atoms with Crippen LogP contribution >= 0.6 is 22.6 Å². The quantitative estimate of drug-likeness (QED) is 0.133. The topological polar surface area (TPSA) is 9.23 Å². The average molecular weight is 470 g/mol. The van der Waals surface area contributed by atoms with Crippen molar-refractivity contribution in [2.75, 3.05) is 0 Å². The first kappa shape index (κ1) is 23.5. The summed E-state index contributed by atoms with van der Waals surface area (Å²) in [6, 6.07) is 8.40. The van der Waals surface area contributed by atoms with E-state index in [4.69, 9.17) is 4.74 Å². The van der Waals surface area contributed by atoms with Gasteiger partial charge in [0.05, 0.1) is 0 Å². The second-order valence-electron chi connectivity index (χ2n) is 7.30. The van der Waals surface area contributed by atoms with Crippen molar-refractivity contribution in [2.24, 2.45) is 0 Å². The molecule has 0 spiro atoms. The summed E-state index contributed by atoms with van der Waals surface area (Å²) in [6.45, 7) is 4.55. The lowest BCUT2D eigenvalue weighted by Crippen LogP contribution is -2.13. The van der Waals surface area contributed by atoms with Gasteiger partial charge in [-0.25, -0.2) is 0 Å². The number of unbranched alkanes of at least 4 members (excludes halogenated alkanes) is 10. The minimum Gasteiger partial charge on any atom is -0.486 e. The molecule has 0 aliphatic carbocycles. The maximum Gasteiger partial charge on any atom is 0.121 e. The molecule has 0 bridgehead atoms. The molecule has 0 aromatic heterocycles. The van der Waals surface area contributed by atoms with Crippen LogP contribution in [0.3, 0.4) is 0 Å². The number of hydrogen-bond acceptors (Lipinski definition) is 1. The van der Waals surface area contributed by atoms with E-state index in [-0.39, 0.29) is 6.10 Å². The third-order valence-electron chi connectivity index (χ3n) is 4.75. The van der Waals surface area contributed by atoms with Crippen LogP contribution in [0.4, 0.5) is 0 Å². The van der Waals surface area contributed by atoms with Gasteiger partial charge in [0.25, 0.3) is 0 Å². The second-order valence-corrected chi connectivity index (χ2v) is 8.55. The maximum atomic E-state index is 6.27. The molecule has 1 rings (SSSR count). The Hall–Kier alpha value is -0.510. The fraction of sp³-hybridized carbons (Fsp3) is 0.667. The molecule has 1 atom stereocenters. The predicted octanol–water partition coefficient (Wildman–Crippen LogP) is 8.71. The monoisotopic (exact) mass is 470 g/mol. The van der Waals surface area contributed by atoms with Gasteiger partial charge in [-0.3, -0.25) is 0 Å². The van der Waals surface area contributed by atoms with Gasteiger partial charge in [0.1, 0.15) is 11.9 Å². The Morgan fingerprint density at radius 3 is 2.23 bits per heavy atom. The highest BCUT2D eigenvalue weighted by molar-refractivity contribution is 14.1. The van der Waals surface area contributed by atoms with E-state index in [9.17, 15) is 0 Å². The SMILES string of the molecule is CCCCCCCC/C=C\C(CCCCCCC)Oc1cccc(I)c1. The molecule has 1 nitrogen and oxygen atoms in total. The minimum absolute atomic E-state index is 0.218. The lowest BCUT2D eigenvalue weighted by molar-refractivity contribution is 0.233. The predicted molar refractivity (Wildman–Crippen MR) is 124 cm³/mol. The molecule has 0 radical (unpaired) electrons. The molecule has 0 saturated heterocycles. The van der Waals surface area contributed by atoms with Crippen molar-refractivity contribution in [1.29, 1.82) is 0 Å². The van der Waals surface area contributed by atoms with E-state index in [0.717, 1.165) is 12.2 Å². The summed E-state index contributed by atoms with van der Waals surface area (Å²) >= 11 is 2.35.